The number of halogens is 3. The average molecular weight is 632 g/mol. The smallest absolute Gasteiger partial charge is 0.396 e. The fourth-order valence-corrected chi connectivity index (χ4v) is 3.98. The fraction of sp³-hybridized carbons (Fsp3) is 0.816. The van der Waals surface area contributed by atoms with Gasteiger partial charge in [-0.1, -0.05) is 120 Å². The van der Waals surface area contributed by atoms with E-state index in [-0.39, 0.29) is 37.2 Å². The molecule has 1 aliphatic rings. The zero-order chi connectivity index (χ0) is 35.1. The van der Waals surface area contributed by atoms with Crippen LogP contribution in [0.4, 0.5) is 13.2 Å². The summed E-state index contributed by atoms with van der Waals surface area (Å²) in [6, 6.07) is 0. The number of alkyl halides is 3. The van der Waals surface area contributed by atoms with Gasteiger partial charge in [-0.05, 0) is 75.7 Å². The van der Waals surface area contributed by atoms with Gasteiger partial charge in [0.1, 0.15) is 0 Å². The Balaban J connectivity index is -0.00000131. The molecule has 0 aromatic heterocycles. The Morgan fingerprint density at radius 3 is 1.77 bits per heavy atom. The molecule has 0 aromatic carbocycles. The third-order valence-corrected chi connectivity index (χ3v) is 7.68. The SMILES string of the molecule is CC.CC(C)C.CCC(C)C.C\C=C(/N=C(C)/C(=C\CC)/C=C(\C)C1(C(F)(F)F)CC1)C(CCC)COCC(C)C(C)CO. The van der Waals surface area contributed by atoms with Crippen LogP contribution in [0.2, 0.25) is 0 Å². The molecule has 0 radical (unpaired) electrons. The molecule has 1 fully saturated rings. The van der Waals surface area contributed by atoms with E-state index in [9.17, 15) is 18.3 Å². The Hall–Kier alpha value is -1.40. The highest BCUT2D eigenvalue weighted by molar-refractivity contribution is 6.01. The summed E-state index contributed by atoms with van der Waals surface area (Å²) in [7, 11) is 0. The molecule has 44 heavy (non-hydrogen) atoms. The summed E-state index contributed by atoms with van der Waals surface area (Å²) >= 11 is 0. The van der Waals surface area contributed by atoms with Gasteiger partial charge in [-0.2, -0.15) is 13.2 Å². The number of ether oxygens (including phenoxy) is 1. The van der Waals surface area contributed by atoms with Crippen LogP contribution in [0.5, 0.6) is 0 Å². The third kappa shape index (κ3) is 19.9. The number of aliphatic hydroxyl groups excluding tert-OH is 1. The van der Waals surface area contributed by atoms with Crippen molar-refractivity contribution < 1.29 is 23.0 Å². The number of hydrogen-bond acceptors (Lipinski definition) is 3. The maximum atomic E-state index is 13.6. The van der Waals surface area contributed by atoms with Crippen molar-refractivity contribution in [2.24, 2.45) is 40.0 Å². The maximum Gasteiger partial charge on any atom is 0.398 e. The standard InChI is InChI=1S/C27H44F3NO2.C5H12.C4H10.C2H6/c1-8-11-23(15-21(6)26(13-14-26)27(28,29)30)22(7)31-25(10-3)24(12-9-2)18-33-17-20(5)19(4)16-32;1-4-5(2)3;1-4(2)3;1-2/h10-11,15,19-20,24,32H,8-9,12-14,16-18H2,1-7H3;5H,4H2,1-3H3;4H,1-3H3;1-2H3/b21-15+,23-11-,25-10-,31-22+;;;. The molecule has 0 saturated heterocycles. The molecule has 6 heteroatoms. The van der Waals surface area contributed by atoms with Crippen molar-refractivity contribution in [2.45, 2.75) is 149 Å². The summed E-state index contributed by atoms with van der Waals surface area (Å²) in [4.78, 5) is 4.86. The number of hydrogen-bond donors (Lipinski definition) is 1. The lowest BCUT2D eigenvalue weighted by molar-refractivity contribution is -0.175. The van der Waals surface area contributed by atoms with E-state index in [1.54, 1.807) is 13.0 Å². The zero-order valence-electron chi connectivity index (χ0n) is 31.4. The molecule has 3 nitrogen and oxygen atoms in total. The predicted octanol–water partition coefficient (Wildman–Crippen LogP) is 12.4. The Morgan fingerprint density at radius 2 is 1.43 bits per heavy atom. The van der Waals surface area contributed by atoms with E-state index < -0.39 is 11.6 Å². The molecular weight excluding hydrogens is 559 g/mol. The topological polar surface area (TPSA) is 41.8 Å². The van der Waals surface area contributed by atoms with Gasteiger partial charge in [0.2, 0.25) is 0 Å². The minimum atomic E-state index is -4.21. The second-order valence-corrected chi connectivity index (χ2v) is 13.1. The van der Waals surface area contributed by atoms with Crippen LogP contribution in [0.1, 0.15) is 142 Å². The highest BCUT2D eigenvalue weighted by Crippen LogP contribution is 2.62. The first-order valence-corrected chi connectivity index (χ1v) is 17.3. The van der Waals surface area contributed by atoms with Crippen LogP contribution in [0.25, 0.3) is 0 Å². The number of aliphatic hydroxyl groups is 1. The van der Waals surface area contributed by atoms with Crippen molar-refractivity contribution in [2.75, 3.05) is 19.8 Å². The zero-order valence-corrected chi connectivity index (χ0v) is 31.4. The van der Waals surface area contributed by atoms with E-state index in [0.717, 1.165) is 48.1 Å². The van der Waals surface area contributed by atoms with E-state index in [0.29, 0.717) is 18.8 Å². The van der Waals surface area contributed by atoms with Gasteiger partial charge in [-0.25, -0.2) is 0 Å². The fourth-order valence-electron chi connectivity index (χ4n) is 3.98. The van der Waals surface area contributed by atoms with Crippen LogP contribution in [0, 0.1) is 35.0 Å². The van der Waals surface area contributed by atoms with Gasteiger partial charge in [0, 0.05) is 30.5 Å². The lowest BCUT2D eigenvalue weighted by atomic mass is 9.93. The van der Waals surface area contributed by atoms with Crippen LogP contribution in [-0.2, 0) is 4.74 Å². The maximum absolute atomic E-state index is 13.6. The summed E-state index contributed by atoms with van der Waals surface area (Å²) in [6.45, 7) is 32.0. The second kappa shape index (κ2) is 25.8. The van der Waals surface area contributed by atoms with Crippen molar-refractivity contribution in [1.82, 2.24) is 0 Å². The number of nitrogens with zero attached hydrogens (tertiary/aromatic N) is 1. The Bertz CT molecular complexity index is 831. The van der Waals surface area contributed by atoms with E-state index in [1.807, 2.05) is 53.7 Å². The van der Waals surface area contributed by atoms with E-state index in [1.165, 1.54) is 6.42 Å². The van der Waals surface area contributed by atoms with Gasteiger partial charge < -0.3 is 9.84 Å². The summed E-state index contributed by atoms with van der Waals surface area (Å²) in [5, 5.41) is 9.33. The molecule has 1 rings (SSSR count). The van der Waals surface area contributed by atoms with Crippen LogP contribution >= 0.6 is 0 Å². The molecular formula is C38H72F3NO2. The van der Waals surface area contributed by atoms with Crippen LogP contribution in [0.3, 0.4) is 0 Å². The van der Waals surface area contributed by atoms with Gasteiger partial charge in [0.15, 0.2) is 0 Å². The van der Waals surface area contributed by atoms with Gasteiger partial charge in [-0.15, -0.1) is 0 Å². The van der Waals surface area contributed by atoms with Crippen molar-refractivity contribution >= 4 is 5.71 Å². The Morgan fingerprint density at radius 1 is 0.932 bits per heavy atom. The quantitative estimate of drug-likeness (QED) is 0.144. The minimum absolute atomic E-state index is 0.115. The molecule has 1 saturated carbocycles. The summed E-state index contributed by atoms with van der Waals surface area (Å²) in [5.41, 5.74) is 1.09. The first kappa shape index (κ1) is 47.0. The van der Waals surface area contributed by atoms with Crippen molar-refractivity contribution in [1.29, 1.82) is 0 Å². The third-order valence-electron chi connectivity index (χ3n) is 7.68. The first-order chi connectivity index (χ1) is 20.5. The van der Waals surface area contributed by atoms with Crippen molar-refractivity contribution in [3.05, 3.63) is 35.1 Å². The van der Waals surface area contributed by atoms with Crippen LogP contribution in [-0.4, -0.2) is 36.8 Å². The van der Waals surface area contributed by atoms with E-state index >= 15 is 0 Å². The molecule has 3 unspecified atom stereocenters. The number of allylic oxidation sites excluding steroid dienone is 5. The van der Waals surface area contributed by atoms with Gasteiger partial charge >= 0.3 is 6.18 Å². The molecule has 0 amide bonds. The molecule has 0 heterocycles. The molecule has 0 spiro atoms. The van der Waals surface area contributed by atoms with Gasteiger partial charge in [0.05, 0.1) is 12.0 Å². The highest BCUT2D eigenvalue weighted by Gasteiger charge is 2.64. The largest absolute Gasteiger partial charge is 0.398 e. The highest BCUT2D eigenvalue weighted by atomic mass is 19.4. The number of aliphatic imine (C=N–C) groups is 1. The molecule has 262 valence electrons. The molecule has 0 aliphatic heterocycles. The minimum Gasteiger partial charge on any atom is -0.396 e. The van der Waals surface area contributed by atoms with Crippen molar-refractivity contribution in [3.63, 3.8) is 0 Å². The van der Waals surface area contributed by atoms with E-state index in [2.05, 4.69) is 55.4 Å². The lowest BCUT2D eigenvalue weighted by Crippen LogP contribution is -2.25. The summed E-state index contributed by atoms with van der Waals surface area (Å²) < 4.78 is 46.7. The van der Waals surface area contributed by atoms with Gasteiger partial charge in [-0.3, -0.25) is 4.99 Å². The van der Waals surface area contributed by atoms with E-state index in [4.69, 9.17) is 9.73 Å². The normalized spacial score (nSPS) is 17.5. The van der Waals surface area contributed by atoms with Crippen molar-refractivity contribution in [3.8, 4) is 0 Å². The molecule has 3 atom stereocenters. The predicted molar refractivity (Wildman–Crippen MR) is 188 cm³/mol. The summed E-state index contributed by atoms with van der Waals surface area (Å²) in [6.07, 6.45) is 5.65. The van der Waals surface area contributed by atoms with Gasteiger partial charge in [0.25, 0.3) is 0 Å². The monoisotopic (exact) mass is 632 g/mol. The van der Waals surface area contributed by atoms with Crippen LogP contribution in [0.15, 0.2) is 40.1 Å². The first-order valence-electron chi connectivity index (χ1n) is 17.3. The molecule has 1 aliphatic carbocycles. The Kier molecular flexibility index (Phi) is 27.5. The number of rotatable bonds is 15. The molecule has 1 N–H and O–H groups in total. The lowest BCUT2D eigenvalue weighted by Gasteiger charge is -2.22. The molecule has 0 aromatic rings. The second-order valence-electron chi connectivity index (χ2n) is 13.1. The van der Waals surface area contributed by atoms with Crippen LogP contribution < -0.4 is 0 Å². The average Bonchev–Trinajstić information content (AvgIpc) is 3.78. The Labute approximate surface area is 271 Å². The molecule has 0 bridgehead atoms. The summed E-state index contributed by atoms with van der Waals surface area (Å²) in [5.74, 6) is 2.27.